The van der Waals surface area contributed by atoms with Crippen molar-refractivity contribution in [3.8, 4) is 0 Å². The Balaban J connectivity index is 2.04. The van der Waals surface area contributed by atoms with Crippen LogP contribution in [0, 0.1) is 5.41 Å². The standard InChI is InChI=1S/C15H18Cl2O2/c16-12-4-3-11(13(17)9-12)5-8-15(10-14(18)19)6-1-2-7-15/h3-4,9H,1-2,5-8,10H2,(H,18,19). The van der Waals surface area contributed by atoms with Gasteiger partial charge in [-0.1, -0.05) is 42.1 Å². The highest BCUT2D eigenvalue weighted by Gasteiger charge is 2.35. The number of aliphatic carboxylic acids is 1. The van der Waals surface area contributed by atoms with Crippen LogP contribution in [0.3, 0.4) is 0 Å². The lowest BCUT2D eigenvalue weighted by atomic mass is 9.77. The van der Waals surface area contributed by atoms with Crippen LogP contribution in [0.5, 0.6) is 0 Å². The van der Waals surface area contributed by atoms with Crippen LogP contribution in [0.25, 0.3) is 0 Å². The molecule has 0 bridgehead atoms. The second-order valence-electron chi connectivity index (χ2n) is 5.51. The van der Waals surface area contributed by atoms with Gasteiger partial charge >= 0.3 is 5.97 Å². The van der Waals surface area contributed by atoms with Gasteiger partial charge in [-0.05, 0) is 48.8 Å². The molecule has 1 aromatic carbocycles. The largest absolute Gasteiger partial charge is 0.481 e. The van der Waals surface area contributed by atoms with E-state index in [1.165, 1.54) is 0 Å². The van der Waals surface area contributed by atoms with E-state index in [4.69, 9.17) is 28.3 Å². The van der Waals surface area contributed by atoms with Crippen LogP contribution in [0.2, 0.25) is 10.0 Å². The van der Waals surface area contributed by atoms with Gasteiger partial charge in [0, 0.05) is 10.0 Å². The van der Waals surface area contributed by atoms with Crippen molar-refractivity contribution in [1.29, 1.82) is 0 Å². The first kappa shape index (κ1) is 14.7. The molecule has 1 aliphatic carbocycles. The van der Waals surface area contributed by atoms with Crippen LogP contribution < -0.4 is 0 Å². The normalized spacial score (nSPS) is 17.6. The molecule has 0 amide bonds. The van der Waals surface area contributed by atoms with E-state index in [-0.39, 0.29) is 11.8 Å². The Morgan fingerprint density at radius 1 is 1.26 bits per heavy atom. The summed E-state index contributed by atoms with van der Waals surface area (Å²) in [6.45, 7) is 0. The van der Waals surface area contributed by atoms with Crippen molar-refractivity contribution < 1.29 is 9.90 Å². The van der Waals surface area contributed by atoms with Crippen molar-refractivity contribution in [2.24, 2.45) is 5.41 Å². The summed E-state index contributed by atoms with van der Waals surface area (Å²) < 4.78 is 0. The van der Waals surface area contributed by atoms with Gasteiger partial charge in [0.2, 0.25) is 0 Å². The number of aryl methyl sites for hydroxylation is 1. The number of carboxylic acids is 1. The summed E-state index contributed by atoms with van der Waals surface area (Å²) in [7, 11) is 0. The van der Waals surface area contributed by atoms with Gasteiger partial charge in [0.1, 0.15) is 0 Å². The molecule has 1 N–H and O–H groups in total. The smallest absolute Gasteiger partial charge is 0.303 e. The van der Waals surface area contributed by atoms with Crippen LogP contribution in [0.1, 0.15) is 44.1 Å². The minimum Gasteiger partial charge on any atom is -0.481 e. The van der Waals surface area contributed by atoms with E-state index in [1.807, 2.05) is 12.1 Å². The van der Waals surface area contributed by atoms with E-state index < -0.39 is 5.97 Å². The average Bonchev–Trinajstić information content (AvgIpc) is 2.76. The molecule has 1 fully saturated rings. The van der Waals surface area contributed by atoms with Crippen LogP contribution in [0.4, 0.5) is 0 Å². The lowest BCUT2D eigenvalue weighted by molar-refractivity contribution is -0.139. The van der Waals surface area contributed by atoms with E-state index in [0.717, 1.165) is 44.1 Å². The lowest BCUT2D eigenvalue weighted by Crippen LogP contribution is -2.21. The molecular weight excluding hydrogens is 283 g/mol. The fourth-order valence-electron chi connectivity index (χ4n) is 3.09. The number of hydrogen-bond donors (Lipinski definition) is 1. The molecule has 1 aliphatic rings. The lowest BCUT2D eigenvalue weighted by Gasteiger charge is -2.27. The van der Waals surface area contributed by atoms with Gasteiger partial charge in [-0.3, -0.25) is 4.79 Å². The third-order valence-corrected chi connectivity index (χ3v) is 4.72. The van der Waals surface area contributed by atoms with Crippen molar-refractivity contribution >= 4 is 29.2 Å². The van der Waals surface area contributed by atoms with E-state index in [9.17, 15) is 4.79 Å². The number of rotatable bonds is 5. The molecule has 0 heterocycles. The van der Waals surface area contributed by atoms with Crippen molar-refractivity contribution in [3.63, 3.8) is 0 Å². The average molecular weight is 301 g/mol. The Morgan fingerprint density at radius 3 is 2.53 bits per heavy atom. The summed E-state index contributed by atoms with van der Waals surface area (Å²) >= 11 is 12.0. The Kier molecular flexibility index (Phi) is 4.75. The third-order valence-electron chi connectivity index (χ3n) is 4.13. The number of carboxylic acid groups (broad SMARTS) is 1. The summed E-state index contributed by atoms with van der Waals surface area (Å²) in [5.74, 6) is -0.691. The molecule has 0 spiro atoms. The van der Waals surface area contributed by atoms with E-state index in [1.54, 1.807) is 6.07 Å². The minimum atomic E-state index is -0.691. The maximum Gasteiger partial charge on any atom is 0.303 e. The number of carbonyl (C=O) groups is 1. The maximum atomic E-state index is 11.0. The summed E-state index contributed by atoms with van der Waals surface area (Å²) in [5.41, 5.74) is 1.03. The highest BCUT2D eigenvalue weighted by atomic mass is 35.5. The minimum absolute atomic E-state index is 0.0329. The molecule has 2 nitrogen and oxygen atoms in total. The predicted molar refractivity (Wildman–Crippen MR) is 77.9 cm³/mol. The summed E-state index contributed by atoms with van der Waals surface area (Å²) in [4.78, 5) is 11.0. The molecule has 0 aliphatic heterocycles. The highest BCUT2D eigenvalue weighted by molar-refractivity contribution is 6.35. The molecule has 0 saturated heterocycles. The second kappa shape index (κ2) is 6.15. The third kappa shape index (κ3) is 3.87. The topological polar surface area (TPSA) is 37.3 Å². The Morgan fingerprint density at radius 2 is 1.95 bits per heavy atom. The van der Waals surface area contributed by atoms with Gasteiger partial charge in [0.25, 0.3) is 0 Å². The number of halogens is 2. The molecule has 1 aromatic rings. The first-order chi connectivity index (χ1) is 9.01. The second-order valence-corrected chi connectivity index (χ2v) is 6.36. The van der Waals surface area contributed by atoms with Gasteiger partial charge in [0.05, 0.1) is 6.42 Å². The molecule has 1 saturated carbocycles. The monoisotopic (exact) mass is 300 g/mol. The fraction of sp³-hybridized carbons (Fsp3) is 0.533. The molecule has 0 atom stereocenters. The van der Waals surface area contributed by atoms with Crippen molar-refractivity contribution in [2.75, 3.05) is 0 Å². The highest BCUT2D eigenvalue weighted by Crippen LogP contribution is 2.45. The Bertz CT molecular complexity index is 465. The van der Waals surface area contributed by atoms with Crippen LogP contribution in [0.15, 0.2) is 18.2 Å². The van der Waals surface area contributed by atoms with Crippen molar-refractivity contribution in [3.05, 3.63) is 33.8 Å². The summed E-state index contributed by atoms with van der Waals surface area (Å²) in [6, 6.07) is 5.52. The maximum absolute atomic E-state index is 11.0. The fourth-order valence-corrected chi connectivity index (χ4v) is 3.59. The number of benzene rings is 1. The zero-order valence-corrected chi connectivity index (χ0v) is 12.3. The van der Waals surface area contributed by atoms with Gasteiger partial charge in [-0.2, -0.15) is 0 Å². The van der Waals surface area contributed by atoms with Crippen LogP contribution in [-0.2, 0) is 11.2 Å². The molecule has 2 rings (SSSR count). The predicted octanol–water partition coefficient (Wildman–Crippen LogP) is 4.96. The quantitative estimate of drug-likeness (QED) is 0.834. The zero-order valence-electron chi connectivity index (χ0n) is 10.8. The van der Waals surface area contributed by atoms with Gasteiger partial charge in [-0.15, -0.1) is 0 Å². The van der Waals surface area contributed by atoms with Crippen molar-refractivity contribution in [2.45, 2.75) is 44.9 Å². The van der Waals surface area contributed by atoms with Gasteiger partial charge < -0.3 is 5.11 Å². The molecule has 0 aromatic heterocycles. The van der Waals surface area contributed by atoms with Gasteiger partial charge in [-0.25, -0.2) is 0 Å². The molecule has 19 heavy (non-hydrogen) atoms. The summed E-state index contributed by atoms with van der Waals surface area (Å²) in [5, 5.41) is 10.4. The Labute approximate surface area is 123 Å². The molecule has 4 heteroatoms. The molecule has 0 radical (unpaired) electrons. The molecular formula is C15H18Cl2O2. The van der Waals surface area contributed by atoms with Crippen LogP contribution in [-0.4, -0.2) is 11.1 Å². The first-order valence-electron chi connectivity index (χ1n) is 6.67. The van der Waals surface area contributed by atoms with Crippen molar-refractivity contribution in [1.82, 2.24) is 0 Å². The molecule has 104 valence electrons. The van der Waals surface area contributed by atoms with Gasteiger partial charge in [0.15, 0.2) is 0 Å². The zero-order chi connectivity index (χ0) is 13.9. The molecule has 0 unspecified atom stereocenters. The SMILES string of the molecule is O=C(O)CC1(CCc2ccc(Cl)cc2Cl)CCCC1. The first-order valence-corrected chi connectivity index (χ1v) is 7.42. The van der Waals surface area contributed by atoms with E-state index >= 15 is 0 Å². The Hall–Kier alpha value is -0.730. The van der Waals surface area contributed by atoms with E-state index in [2.05, 4.69) is 0 Å². The van der Waals surface area contributed by atoms with Crippen LogP contribution >= 0.6 is 23.2 Å². The van der Waals surface area contributed by atoms with E-state index in [0.29, 0.717) is 10.0 Å². The summed E-state index contributed by atoms with van der Waals surface area (Å²) in [6.07, 6.45) is 6.31. The number of hydrogen-bond acceptors (Lipinski definition) is 1.